The molecule has 1 aliphatic heterocycles. The van der Waals surface area contributed by atoms with Crippen LogP contribution in [0.2, 0.25) is 0 Å². The monoisotopic (exact) mass is 330 g/mol. The van der Waals surface area contributed by atoms with Gasteiger partial charge in [0.25, 0.3) is 5.91 Å². The second-order valence-electron chi connectivity index (χ2n) is 5.32. The Morgan fingerprint density at radius 3 is 3.00 bits per heavy atom. The summed E-state index contributed by atoms with van der Waals surface area (Å²) in [6.07, 6.45) is 1.24. The normalized spacial score (nSPS) is 13.4. The molecule has 1 aliphatic rings. The van der Waals surface area contributed by atoms with Crippen LogP contribution in [0.3, 0.4) is 0 Å². The number of ether oxygens (including phenoxy) is 1. The van der Waals surface area contributed by atoms with Crippen molar-refractivity contribution >= 4 is 34.5 Å². The molecule has 1 N–H and O–H groups in total. The van der Waals surface area contributed by atoms with Crippen LogP contribution in [0.4, 0.5) is 11.4 Å². The quantitative estimate of drug-likeness (QED) is 0.916. The fourth-order valence-electron chi connectivity index (χ4n) is 2.53. The van der Waals surface area contributed by atoms with E-state index in [4.69, 9.17) is 4.74 Å². The third-order valence-electron chi connectivity index (χ3n) is 3.55. The van der Waals surface area contributed by atoms with E-state index >= 15 is 0 Å². The minimum absolute atomic E-state index is 0.0335. The number of fused-ring (bicyclic) bond motifs is 1. The number of nitrogens with one attached hydrogen (secondary N) is 1. The first kappa shape index (κ1) is 15.6. The third kappa shape index (κ3) is 3.53. The lowest BCUT2D eigenvalue weighted by atomic mass is 10.2. The van der Waals surface area contributed by atoms with Crippen LogP contribution in [0.25, 0.3) is 0 Å². The van der Waals surface area contributed by atoms with E-state index in [0.29, 0.717) is 24.4 Å². The minimum atomic E-state index is -0.0651. The van der Waals surface area contributed by atoms with Crippen LogP contribution >= 0.6 is 11.3 Å². The lowest BCUT2D eigenvalue weighted by molar-refractivity contribution is -0.121. The third-order valence-corrected chi connectivity index (χ3v) is 4.43. The van der Waals surface area contributed by atoms with E-state index < -0.39 is 0 Å². The van der Waals surface area contributed by atoms with Gasteiger partial charge in [-0.1, -0.05) is 13.0 Å². The number of amides is 2. The summed E-state index contributed by atoms with van der Waals surface area (Å²) in [5.41, 5.74) is 1.44. The van der Waals surface area contributed by atoms with E-state index in [1.165, 1.54) is 0 Å². The minimum Gasteiger partial charge on any atom is -0.481 e. The molecule has 2 heterocycles. The topological polar surface area (TPSA) is 58.6 Å². The molecule has 23 heavy (non-hydrogen) atoms. The molecule has 6 heteroatoms. The summed E-state index contributed by atoms with van der Waals surface area (Å²) < 4.78 is 5.50. The zero-order valence-electron chi connectivity index (χ0n) is 12.9. The average molecular weight is 330 g/mol. The van der Waals surface area contributed by atoms with Gasteiger partial charge in [-0.2, -0.15) is 0 Å². The fraction of sp³-hybridized carbons (Fsp3) is 0.294. The van der Waals surface area contributed by atoms with Crippen LogP contribution in [0.5, 0.6) is 5.75 Å². The number of carbonyl (C=O) groups is 2. The van der Waals surface area contributed by atoms with Crippen molar-refractivity contribution in [2.45, 2.75) is 19.8 Å². The number of carbonyl (C=O) groups excluding carboxylic acids is 2. The molecule has 0 radical (unpaired) electrons. The Hall–Kier alpha value is -2.34. The molecule has 0 unspecified atom stereocenters. The largest absolute Gasteiger partial charge is 0.481 e. The van der Waals surface area contributed by atoms with Crippen molar-refractivity contribution in [2.75, 3.05) is 23.4 Å². The molecular weight excluding hydrogens is 312 g/mol. The van der Waals surface area contributed by atoms with Crippen LogP contribution in [0.1, 0.15) is 18.2 Å². The predicted molar refractivity (Wildman–Crippen MR) is 91.2 cm³/mol. The molecular formula is C17H18N2O3S. The first-order valence-electron chi connectivity index (χ1n) is 7.57. The molecule has 2 aromatic rings. The highest BCUT2D eigenvalue weighted by Crippen LogP contribution is 2.34. The maximum atomic E-state index is 12.1. The lowest BCUT2D eigenvalue weighted by Crippen LogP contribution is -2.39. The number of anilines is 2. The number of hydrogen-bond donors (Lipinski definition) is 1. The van der Waals surface area contributed by atoms with Crippen LogP contribution in [0, 0.1) is 0 Å². The number of thiophene rings is 1. The van der Waals surface area contributed by atoms with Gasteiger partial charge in [0.1, 0.15) is 5.75 Å². The van der Waals surface area contributed by atoms with Crippen molar-refractivity contribution in [1.82, 2.24) is 0 Å². The smallest absolute Gasteiger partial charge is 0.265 e. The van der Waals surface area contributed by atoms with Gasteiger partial charge in [-0.15, -0.1) is 11.3 Å². The molecule has 1 aromatic heterocycles. The summed E-state index contributed by atoms with van der Waals surface area (Å²) in [5.74, 6) is 0.533. The Balaban J connectivity index is 1.73. The van der Waals surface area contributed by atoms with Gasteiger partial charge in [-0.25, -0.2) is 0 Å². The van der Waals surface area contributed by atoms with Gasteiger partial charge in [-0.05, 0) is 30.0 Å². The molecule has 0 atom stereocenters. The molecule has 0 spiro atoms. The lowest BCUT2D eigenvalue weighted by Gasteiger charge is -2.29. The Morgan fingerprint density at radius 1 is 1.39 bits per heavy atom. The Morgan fingerprint density at radius 2 is 2.26 bits per heavy atom. The van der Waals surface area contributed by atoms with Gasteiger partial charge in [0.2, 0.25) is 5.91 Å². The standard InChI is InChI=1S/C17H18N2O3S/c1-2-7-19-14-6-5-12(9-15(14)22-11-17(19)21)18-16(20)10-13-4-3-8-23-13/h3-6,8-9H,2,7,10-11H2,1H3,(H,18,20). The molecule has 120 valence electrons. The van der Waals surface area contributed by atoms with Gasteiger partial charge < -0.3 is 15.0 Å². The maximum Gasteiger partial charge on any atom is 0.265 e. The molecule has 0 bridgehead atoms. The molecule has 0 fully saturated rings. The number of nitrogens with zero attached hydrogens (tertiary/aromatic N) is 1. The van der Waals surface area contributed by atoms with Gasteiger partial charge in [-0.3, -0.25) is 9.59 Å². The van der Waals surface area contributed by atoms with Crippen molar-refractivity contribution in [2.24, 2.45) is 0 Å². The van der Waals surface area contributed by atoms with E-state index in [9.17, 15) is 9.59 Å². The van der Waals surface area contributed by atoms with Crippen molar-refractivity contribution in [3.05, 3.63) is 40.6 Å². The fourth-order valence-corrected chi connectivity index (χ4v) is 3.23. The number of hydrogen-bond acceptors (Lipinski definition) is 4. The van der Waals surface area contributed by atoms with Gasteiger partial charge in [0.05, 0.1) is 12.1 Å². The van der Waals surface area contributed by atoms with Crippen LogP contribution in [0.15, 0.2) is 35.7 Å². The predicted octanol–water partition coefficient (Wildman–Crippen LogP) is 3.06. The van der Waals surface area contributed by atoms with E-state index in [2.05, 4.69) is 5.32 Å². The molecule has 3 rings (SSSR count). The summed E-state index contributed by atoms with van der Waals surface area (Å²) in [6, 6.07) is 9.27. The average Bonchev–Trinajstić information content (AvgIpc) is 3.03. The van der Waals surface area contributed by atoms with Crippen molar-refractivity contribution in [1.29, 1.82) is 0 Å². The maximum absolute atomic E-state index is 12.1. The second-order valence-corrected chi connectivity index (χ2v) is 6.35. The number of rotatable bonds is 5. The van der Waals surface area contributed by atoms with Crippen LogP contribution in [-0.4, -0.2) is 25.0 Å². The van der Waals surface area contributed by atoms with Gasteiger partial charge in [0, 0.05) is 23.2 Å². The van der Waals surface area contributed by atoms with Crippen molar-refractivity contribution in [3.8, 4) is 5.75 Å². The van der Waals surface area contributed by atoms with Crippen LogP contribution < -0.4 is 15.0 Å². The molecule has 0 saturated heterocycles. The molecule has 1 aromatic carbocycles. The first-order chi connectivity index (χ1) is 11.2. The first-order valence-corrected chi connectivity index (χ1v) is 8.45. The number of benzene rings is 1. The van der Waals surface area contributed by atoms with E-state index in [1.54, 1.807) is 28.4 Å². The van der Waals surface area contributed by atoms with E-state index in [0.717, 1.165) is 17.0 Å². The highest BCUT2D eigenvalue weighted by atomic mass is 32.1. The van der Waals surface area contributed by atoms with E-state index in [-0.39, 0.29) is 18.4 Å². The Bertz CT molecular complexity index is 713. The highest BCUT2D eigenvalue weighted by molar-refractivity contribution is 7.10. The summed E-state index contributed by atoms with van der Waals surface area (Å²) in [7, 11) is 0. The van der Waals surface area contributed by atoms with Crippen LogP contribution in [-0.2, 0) is 16.0 Å². The summed E-state index contributed by atoms with van der Waals surface area (Å²) in [6.45, 7) is 2.74. The summed E-state index contributed by atoms with van der Waals surface area (Å²) >= 11 is 1.56. The molecule has 2 amide bonds. The Kier molecular flexibility index (Phi) is 4.62. The zero-order valence-corrected chi connectivity index (χ0v) is 13.7. The summed E-state index contributed by atoms with van der Waals surface area (Å²) in [5, 5.41) is 4.83. The van der Waals surface area contributed by atoms with Crippen molar-refractivity contribution in [3.63, 3.8) is 0 Å². The SMILES string of the molecule is CCCN1C(=O)COc2cc(NC(=O)Cc3cccs3)ccc21. The summed E-state index contributed by atoms with van der Waals surface area (Å²) in [4.78, 5) is 26.7. The molecule has 5 nitrogen and oxygen atoms in total. The highest BCUT2D eigenvalue weighted by Gasteiger charge is 2.25. The van der Waals surface area contributed by atoms with E-state index in [1.807, 2.05) is 30.5 Å². The molecule has 0 saturated carbocycles. The molecule has 0 aliphatic carbocycles. The second kappa shape index (κ2) is 6.83. The van der Waals surface area contributed by atoms with Gasteiger partial charge >= 0.3 is 0 Å². The Labute approximate surface area is 138 Å². The zero-order chi connectivity index (χ0) is 16.2. The van der Waals surface area contributed by atoms with Crippen molar-refractivity contribution < 1.29 is 14.3 Å². The van der Waals surface area contributed by atoms with Gasteiger partial charge in [0.15, 0.2) is 6.61 Å².